The maximum Gasteiger partial charge on any atom is 0.287 e. The number of hydrogen-bond donors (Lipinski definition) is 1. The number of aryl methyl sites for hydroxylation is 1. The fourth-order valence-electron chi connectivity index (χ4n) is 3.61. The summed E-state index contributed by atoms with van der Waals surface area (Å²) in [6, 6.07) is 15.0. The molecule has 1 saturated heterocycles. The molecule has 0 unspecified atom stereocenters. The monoisotopic (exact) mass is 595 g/mol. The van der Waals surface area contributed by atoms with Gasteiger partial charge in [0, 0.05) is 27.2 Å². The minimum Gasteiger partial charge on any atom is -0.283 e. The zero-order valence-corrected chi connectivity index (χ0v) is 21.3. The average Bonchev–Trinajstić information content (AvgIpc) is 3.15. The molecular weight excluding hydrogens is 577 g/mol. The maximum atomic E-state index is 13.1. The Morgan fingerprint density at radius 1 is 1.18 bits per heavy atom. The molecule has 0 aliphatic carbocycles. The minimum absolute atomic E-state index is 0.0335. The van der Waals surface area contributed by atoms with Crippen LogP contribution in [0.5, 0.6) is 0 Å². The quantitative estimate of drug-likeness (QED) is 0.464. The van der Waals surface area contributed by atoms with E-state index in [1.54, 1.807) is 27.9 Å². The van der Waals surface area contributed by atoms with Crippen molar-refractivity contribution in [2.24, 2.45) is 0 Å². The number of hydrogen-bond acceptors (Lipinski definition) is 6. The first kappa shape index (κ1) is 23.7. The molecule has 0 saturated carbocycles. The van der Waals surface area contributed by atoms with Crippen molar-refractivity contribution in [3.63, 3.8) is 0 Å². The summed E-state index contributed by atoms with van der Waals surface area (Å²) in [7, 11) is -3.09. The molecule has 33 heavy (non-hydrogen) atoms. The summed E-state index contributed by atoms with van der Waals surface area (Å²) >= 11 is 8.32. The number of rotatable bonds is 4. The highest BCUT2D eigenvalue weighted by atomic mass is 127. The molecule has 1 N–H and O–H groups in total. The third-order valence-corrected chi connectivity index (χ3v) is 7.88. The number of nitriles is 1. The van der Waals surface area contributed by atoms with Crippen LogP contribution in [0.4, 0.5) is 0 Å². The number of nitrogens with one attached hydrogen (secondary N) is 1. The number of carbonyl (C=O) groups excluding carboxylic acids is 1. The Balaban J connectivity index is 1.80. The van der Waals surface area contributed by atoms with Crippen LogP contribution in [0.2, 0.25) is 5.02 Å². The van der Waals surface area contributed by atoms with E-state index >= 15 is 0 Å². The first-order valence-electron chi connectivity index (χ1n) is 10.0. The predicted molar refractivity (Wildman–Crippen MR) is 134 cm³/mol. The summed E-state index contributed by atoms with van der Waals surface area (Å²) in [5, 5.41) is 16.7. The normalized spacial score (nSPS) is 15.7. The highest BCUT2D eigenvalue weighted by Gasteiger charge is 2.28. The zero-order valence-electron chi connectivity index (χ0n) is 17.5. The van der Waals surface area contributed by atoms with Crippen LogP contribution in [0.15, 0.2) is 42.5 Å². The van der Waals surface area contributed by atoms with Gasteiger partial charge in [-0.2, -0.15) is 10.4 Å². The standard InChI is InChI=1S/C22H19ClIN5O3S/c1-14-12-16(23)4-7-19(14)29-21(15-2-5-17(24)6-3-15)18(13-25)20(26-29)22(30)27-28-8-10-33(31,32)11-9-28/h2-7,12H,8-11H2,1H3,(H,27,30). The molecule has 170 valence electrons. The Morgan fingerprint density at radius 2 is 1.85 bits per heavy atom. The van der Waals surface area contributed by atoms with Gasteiger partial charge >= 0.3 is 0 Å². The molecule has 8 nitrogen and oxygen atoms in total. The second kappa shape index (κ2) is 9.42. The van der Waals surface area contributed by atoms with Crippen LogP contribution in [0.3, 0.4) is 0 Å². The van der Waals surface area contributed by atoms with Gasteiger partial charge in [-0.15, -0.1) is 0 Å². The van der Waals surface area contributed by atoms with Gasteiger partial charge in [0.15, 0.2) is 15.5 Å². The molecule has 0 bridgehead atoms. The van der Waals surface area contributed by atoms with E-state index in [1.807, 2.05) is 31.2 Å². The van der Waals surface area contributed by atoms with Crippen molar-refractivity contribution in [1.82, 2.24) is 20.2 Å². The lowest BCUT2D eigenvalue weighted by atomic mass is 10.1. The number of sulfone groups is 1. The van der Waals surface area contributed by atoms with Crippen LogP contribution in [0.1, 0.15) is 21.6 Å². The summed E-state index contributed by atoms with van der Waals surface area (Å²) in [5.41, 5.74) is 5.54. The third kappa shape index (κ3) is 5.06. The van der Waals surface area contributed by atoms with Gasteiger partial charge in [0.1, 0.15) is 11.6 Å². The van der Waals surface area contributed by atoms with Gasteiger partial charge in [-0.3, -0.25) is 10.2 Å². The SMILES string of the molecule is Cc1cc(Cl)ccc1-n1nc(C(=O)NN2CCS(=O)(=O)CC2)c(C#N)c1-c1ccc(I)cc1. The second-order valence-corrected chi connectivity index (χ2v) is 11.6. The Morgan fingerprint density at radius 3 is 2.45 bits per heavy atom. The molecule has 0 spiro atoms. The molecule has 3 aromatic rings. The van der Waals surface area contributed by atoms with Crippen LogP contribution < -0.4 is 5.43 Å². The third-order valence-electron chi connectivity index (χ3n) is 5.32. The van der Waals surface area contributed by atoms with E-state index in [1.165, 1.54) is 0 Å². The van der Waals surface area contributed by atoms with Crippen molar-refractivity contribution in [3.8, 4) is 23.0 Å². The Hall–Kier alpha value is -2.46. The maximum absolute atomic E-state index is 13.1. The first-order valence-corrected chi connectivity index (χ1v) is 13.3. The smallest absolute Gasteiger partial charge is 0.283 e. The molecule has 0 radical (unpaired) electrons. The Bertz CT molecular complexity index is 1370. The van der Waals surface area contributed by atoms with E-state index in [2.05, 4.69) is 39.2 Å². The van der Waals surface area contributed by atoms with E-state index < -0.39 is 15.7 Å². The molecule has 1 aliphatic heterocycles. The lowest BCUT2D eigenvalue weighted by molar-refractivity contribution is 0.0796. The van der Waals surface area contributed by atoms with E-state index in [0.29, 0.717) is 16.4 Å². The summed E-state index contributed by atoms with van der Waals surface area (Å²) in [5.74, 6) is -0.641. The van der Waals surface area contributed by atoms with E-state index in [0.717, 1.165) is 14.7 Å². The highest BCUT2D eigenvalue weighted by molar-refractivity contribution is 14.1. The van der Waals surface area contributed by atoms with Gasteiger partial charge in [-0.1, -0.05) is 23.7 Å². The molecule has 4 rings (SSSR count). The Labute approximate surface area is 210 Å². The minimum atomic E-state index is -3.09. The predicted octanol–water partition coefficient (Wildman–Crippen LogP) is 3.35. The van der Waals surface area contributed by atoms with Crippen molar-refractivity contribution >= 4 is 49.9 Å². The van der Waals surface area contributed by atoms with Gasteiger partial charge in [0.05, 0.1) is 22.9 Å². The van der Waals surface area contributed by atoms with E-state index in [4.69, 9.17) is 11.6 Å². The summed E-state index contributed by atoms with van der Waals surface area (Å²) < 4.78 is 26.0. The Kier molecular flexibility index (Phi) is 6.76. The zero-order chi connectivity index (χ0) is 23.8. The molecule has 2 aromatic carbocycles. The van der Waals surface area contributed by atoms with Crippen LogP contribution in [0, 0.1) is 21.8 Å². The fraction of sp³-hybridized carbons (Fsp3) is 0.227. The number of amides is 1. The average molecular weight is 596 g/mol. The van der Waals surface area contributed by atoms with Gasteiger partial charge in [-0.25, -0.2) is 18.1 Å². The fourth-order valence-corrected chi connectivity index (χ4v) is 5.40. The molecule has 1 amide bonds. The molecule has 2 heterocycles. The summed E-state index contributed by atoms with van der Waals surface area (Å²) in [6.07, 6.45) is 0. The molecule has 0 atom stereocenters. The van der Waals surface area contributed by atoms with Gasteiger partial charge in [-0.05, 0) is 65.4 Å². The summed E-state index contributed by atoms with van der Waals surface area (Å²) in [4.78, 5) is 13.1. The van der Waals surface area contributed by atoms with Crippen LogP contribution in [-0.2, 0) is 9.84 Å². The van der Waals surface area contributed by atoms with Crippen molar-refractivity contribution in [2.75, 3.05) is 24.6 Å². The number of nitrogens with zero attached hydrogens (tertiary/aromatic N) is 4. The van der Waals surface area contributed by atoms with Crippen molar-refractivity contribution in [3.05, 3.63) is 67.9 Å². The number of benzene rings is 2. The number of carbonyl (C=O) groups is 1. The second-order valence-electron chi connectivity index (χ2n) is 7.61. The lowest BCUT2D eigenvalue weighted by Crippen LogP contribution is -2.50. The molecule has 11 heteroatoms. The van der Waals surface area contributed by atoms with E-state index in [9.17, 15) is 18.5 Å². The van der Waals surface area contributed by atoms with Crippen LogP contribution in [-0.4, -0.2) is 53.7 Å². The van der Waals surface area contributed by atoms with Crippen molar-refractivity contribution in [1.29, 1.82) is 5.26 Å². The molecule has 1 aromatic heterocycles. The van der Waals surface area contributed by atoms with Crippen LogP contribution in [0.25, 0.3) is 16.9 Å². The first-order chi connectivity index (χ1) is 15.7. The van der Waals surface area contributed by atoms with Crippen LogP contribution >= 0.6 is 34.2 Å². The molecular formula is C22H19ClIN5O3S. The largest absolute Gasteiger partial charge is 0.287 e. The number of halogens is 2. The van der Waals surface area contributed by atoms with Gasteiger partial charge < -0.3 is 0 Å². The van der Waals surface area contributed by atoms with Crippen molar-refractivity contribution < 1.29 is 13.2 Å². The number of aromatic nitrogens is 2. The van der Waals surface area contributed by atoms with E-state index in [-0.39, 0.29) is 35.9 Å². The summed E-state index contributed by atoms with van der Waals surface area (Å²) in [6.45, 7) is 2.23. The molecule has 1 fully saturated rings. The van der Waals surface area contributed by atoms with Gasteiger partial charge in [0.25, 0.3) is 5.91 Å². The topological polar surface area (TPSA) is 108 Å². The van der Waals surface area contributed by atoms with Gasteiger partial charge in [0.2, 0.25) is 0 Å². The van der Waals surface area contributed by atoms with Crippen molar-refractivity contribution in [2.45, 2.75) is 6.92 Å². The molecule has 1 aliphatic rings. The highest BCUT2D eigenvalue weighted by Crippen LogP contribution is 2.31. The lowest BCUT2D eigenvalue weighted by Gasteiger charge is -2.26. The number of hydrazine groups is 1.